The molecule has 1 atom stereocenters. The molecule has 1 heterocycles. The summed E-state index contributed by atoms with van der Waals surface area (Å²) < 4.78 is 2.22. The van der Waals surface area contributed by atoms with E-state index in [0.29, 0.717) is 6.04 Å². The molecule has 1 aromatic carbocycles. The van der Waals surface area contributed by atoms with Gasteiger partial charge in [0.25, 0.3) is 0 Å². The zero-order chi connectivity index (χ0) is 10.8. The van der Waals surface area contributed by atoms with Crippen molar-refractivity contribution >= 4 is 44.3 Å². The van der Waals surface area contributed by atoms with Gasteiger partial charge in [-0.25, -0.2) is 0 Å². The van der Waals surface area contributed by atoms with Gasteiger partial charge in [0, 0.05) is 34.6 Å². The number of halogens is 3. The highest BCUT2D eigenvalue weighted by Crippen LogP contribution is 2.24. The number of benzene rings is 1. The highest BCUT2D eigenvalue weighted by molar-refractivity contribution is 9.13. The fraction of sp³-hybridized carbons (Fsp3) is 0.455. The minimum absolute atomic E-state index is 0. The maximum atomic E-state index is 5.87. The molecule has 1 aromatic rings. The first kappa shape index (κ1) is 14.5. The van der Waals surface area contributed by atoms with Crippen molar-refractivity contribution in [3.63, 3.8) is 0 Å². The van der Waals surface area contributed by atoms with Crippen molar-refractivity contribution in [2.45, 2.75) is 19.0 Å². The van der Waals surface area contributed by atoms with Gasteiger partial charge in [-0.15, -0.1) is 12.4 Å². The summed E-state index contributed by atoms with van der Waals surface area (Å²) in [6, 6.07) is 6.76. The summed E-state index contributed by atoms with van der Waals surface area (Å²) in [7, 11) is 0. The van der Waals surface area contributed by atoms with E-state index in [0.717, 1.165) is 35.0 Å². The standard InChI is InChI=1S/C11H14Br2N2.ClH/c12-10-2-1-8(5-11(10)13)6-15-4-3-9(14)7-15;/h1-2,5,9H,3-4,6-7,14H2;1H/t9-;/m1./s1. The molecule has 90 valence electrons. The van der Waals surface area contributed by atoms with Crippen LogP contribution in [0, 0.1) is 0 Å². The maximum Gasteiger partial charge on any atom is 0.0320 e. The Labute approximate surface area is 119 Å². The van der Waals surface area contributed by atoms with Crippen LogP contribution in [0.25, 0.3) is 0 Å². The fourth-order valence-electron chi connectivity index (χ4n) is 1.90. The molecule has 0 spiro atoms. The quantitative estimate of drug-likeness (QED) is 0.866. The molecule has 0 amide bonds. The fourth-order valence-corrected chi connectivity index (χ4v) is 2.58. The third kappa shape index (κ3) is 3.70. The molecule has 0 radical (unpaired) electrons. The van der Waals surface area contributed by atoms with Crippen LogP contribution in [-0.4, -0.2) is 24.0 Å². The molecule has 5 heteroatoms. The summed E-state index contributed by atoms with van der Waals surface area (Å²) >= 11 is 6.99. The predicted molar refractivity (Wildman–Crippen MR) is 77.0 cm³/mol. The maximum absolute atomic E-state index is 5.87. The molecule has 16 heavy (non-hydrogen) atoms. The summed E-state index contributed by atoms with van der Waals surface area (Å²) in [4.78, 5) is 2.40. The Hall–Kier alpha value is 0.390. The molecule has 1 fully saturated rings. The Morgan fingerprint density at radius 3 is 2.62 bits per heavy atom. The lowest BCUT2D eigenvalue weighted by Crippen LogP contribution is -2.26. The first-order valence-corrected chi connectivity index (χ1v) is 6.65. The summed E-state index contributed by atoms with van der Waals surface area (Å²) in [5, 5.41) is 0. The van der Waals surface area contributed by atoms with Crippen LogP contribution >= 0.6 is 44.3 Å². The number of nitrogens with two attached hydrogens (primary N) is 1. The lowest BCUT2D eigenvalue weighted by Gasteiger charge is -2.15. The van der Waals surface area contributed by atoms with Crippen molar-refractivity contribution in [3.05, 3.63) is 32.7 Å². The van der Waals surface area contributed by atoms with Crippen LogP contribution in [-0.2, 0) is 6.54 Å². The van der Waals surface area contributed by atoms with E-state index in [1.807, 2.05) is 0 Å². The molecule has 2 nitrogen and oxygen atoms in total. The summed E-state index contributed by atoms with van der Waals surface area (Å²) in [6.07, 6.45) is 1.12. The average Bonchev–Trinajstić information content (AvgIpc) is 2.58. The van der Waals surface area contributed by atoms with Gasteiger partial charge in [-0.2, -0.15) is 0 Å². The van der Waals surface area contributed by atoms with Crippen LogP contribution in [0.5, 0.6) is 0 Å². The van der Waals surface area contributed by atoms with Gasteiger partial charge < -0.3 is 5.73 Å². The zero-order valence-electron chi connectivity index (χ0n) is 8.83. The minimum Gasteiger partial charge on any atom is -0.326 e. The van der Waals surface area contributed by atoms with Gasteiger partial charge in [-0.3, -0.25) is 4.90 Å². The largest absolute Gasteiger partial charge is 0.326 e. The number of rotatable bonds is 2. The Bertz CT molecular complexity index is 360. The lowest BCUT2D eigenvalue weighted by atomic mass is 10.2. The van der Waals surface area contributed by atoms with E-state index in [9.17, 15) is 0 Å². The van der Waals surface area contributed by atoms with E-state index >= 15 is 0 Å². The van der Waals surface area contributed by atoms with Gasteiger partial charge in [0.2, 0.25) is 0 Å². The molecule has 1 aliphatic rings. The molecule has 2 rings (SSSR count). The van der Waals surface area contributed by atoms with Gasteiger partial charge in [-0.05, 0) is 56.0 Å². The molecule has 0 bridgehead atoms. The molecule has 0 aliphatic carbocycles. The monoisotopic (exact) mass is 368 g/mol. The van der Waals surface area contributed by atoms with Crippen LogP contribution in [0.4, 0.5) is 0 Å². The van der Waals surface area contributed by atoms with Crippen LogP contribution in [0.3, 0.4) is 0 Å². The molecule has 0 unspecified atom stereocenters. The Balaban J connectivity index is 0.00000128. The third-order valence-corrected chi connectivity index (χ3v) is 4.58. The SMILES string of the molecule is Cl.N[C@@H]1CCN(Cc2ccc(Br)c(Br)c2)C1. The van der Waals surface area contributed by atoms with Gasteiger partial charge in [-0.1, -0.05) is 6.07 Å². The first-order chi connectivity index (χ1) is 7.15. The average molecular weight is 371 g/mol. The van der Waals surface area contributed by atoms with Crippen molar-refractivity contribution in [1.29, 1.82) is 0 Å². The normalized spacial score (nSPS) is 20.8. The summed E-state index contributed by atoms with van der Waals surface area (Å²) in [6.45, 7) is 3.14. The Kier molecular flexibility index (Phi) is 5.74. The Morgan fingerprint density at radius 1 is 1.31 bits per heavy atom. The highest BCUT2D eigenvalue weighted by atomic mass is 79.9. The molecule has 2 N–H and O–H groups in total. The molecule has 1 saturated heterocycles. The zero-order valence-corrected chi connectivity index (χ0v) is 12.8. The summed E-state index contributed by atoms with van der Waals surface area (Å²) in [5.41, 5.74) is 7.21. The van der Waals surface area contributed by atoms with Gasteiger partial charge in [0.15, 0.2) is 0 Å². The molecular formula is C11H15Br2ClN2. The second-order valence-corrected chi connectivity index (χ2v) is 5.74. The topological polar surface area (TPSA) is 29.3 Å². The highest BCUT2D eigenvalue weighted by Gasteiger charge is 2.18. The first-order valence-electron chi connectivity index (χ1n) is 5.07. The predicted octanol–water partition coefficient (Wildman–Crippen LogP) is 3.17. The molecular weight excluding hydrogens is 355 g/mol. The van der Waals surface area contributed by atoms with Gasteiger partial charge in [0.05, 0.1) is 0 Å². The van der Waals surface area contributed by atoms with E-state index in [-0.39, 0.29) is 12.4 Å². The van der Waals surface area contributed by atoms with Crippen LogP contribution in [0.1, 0.15) is 12.0 Å². The van der Waals surface area contributed by atoms with E-state index in [1.54, 1.807) is 0 Å². The van der Waals surface area contributed by atoms with Crippen molar-refractivity contribution in [1.82, 2.24) is 4.90 Å². The number of likely N-dealkylation sites (tertiary alicyclic amines) is 1. The van der Waals surface area contributed by atoms with Crippen molar-refractivity contribution in [3.8, 4) is 0 Å². The van der Waals surface area contributed by atoms with Crippen molar-refractivity contribution < 1.29 is 0 Å². The number of nitrogens with zero attached hydrogens (tertiary/aromatic N) is 1. The number of hydrogen-bond donors (Lipinski definition) is 1. The smallest absolute Gasteiger partial charge is 0.0320 e. The van der Waals surface area contributed by atoms with Gasteiger partial charge >= 0.3 is 0 Å². The number of hydrogen-bond acceptors (Lipinski definition) is 2. The molecule has 0 saturated carbocycles. The van der Waals surface area contributed by atoms with E-state index < -0.39 is 0 Å². The minimum atomic E-state index is 0. The third-order valence-electron chi connectivity index (χ3n) is 2.70. The lowest BCUT2D eigenvalue weighted by molar-refractivity contribution is 0.327. The van der Waals surface area contributed by atoms with Crippen LogP contribution in [0.15, 0.2) is 27.1 Å². The second kappa shape index (κ2) is 6.36. The van der Waals surface area contributed by atoms with E-state index in [1.165, 1.54) is 5.56 Å². The van der Waals surface area contributed by atoms with Crippen molar-refractivity contribution in [2.75, 3.05) is 13.1 Å². The van der Waals surface area contributed by atoms with Crippen molar-refractivity contribution in [2.24, 2.45) is 5.73 Å². The van der Waals surface area contributed by atoms with Gasteiger partial charge in [0.1, 0.15) is 0 Å². The van der Waals surface area contributed by atoms with Crippen LogP contribution in [0.2, 0.25) is 0 Å². The Morgan fingerprint density at radius 2 is 2.06 bits per heavy atom. The van der Waals surface area contributed by atoms with Crippen LogP contribution < -0.4 is 5.73 Å². The second-order valence-electron chi connectivity index (χ2n) is 4.03. The molecule has 1 aliphatic heterocycles. The summed E-state index contributed by atoms with van der Waals surface area (Å²) in [5.74, 6) is 0. The van der Waals surface area contributed by atoms with E-state index in [2.05, 4.69) is 55.0 Å². The molecule has 0 aromatic heterocycles. The van der Waals surface area contributed by atoms with E-state index in [4.69, 9.17) is 5.73 Å².